The molecule has 1 aromatic rings. The third-order valence-electron chi connectivity index (χ3n) is 3.45. The summed E-state index contributed by atoms with van der Waals surface area (Å²) in [7, 11) is 1.49. The van der Waals surface area contributed by atoms with E-state index in [1.54, 1.807) is 13.0 Å². The van der Waals surface area contributed by atoms with Gasteiger partial charge in [0, 0.05) is 17.5 Å². The van der Waals surface area contributed by atoms with E-state index in [4.69, 9.17) is 15.2 Å². The first-order valence-electron chi connectivity index (χ1n) is 7.07. The number of methoxy groups -OCH3 is 1. The van der Waals surface area contributed by atoms with Crippen molar-refractivity contribution in [2.45, 2.75) is 45.8 Å². The highest BCUT2D eigenvalue weighted by Crippen LogP contribution is 2.36. The van der Waals surface area contributed by atoms with Gasteiger partial charge < -0.3 is 15.2 Å². The van der Waals surface area contributed by atoms with Crippen molar-refractivity contribution in [3.8, 4) is 5.75 Å². The first-order valence-corrected chi connectivity index (χ1v) is 7.07. The monoisotopic (exact) mass is 297 g/mol. The zero-order valence-electron chi connectivity index (χ0n) is 13.2. The topological polar surface area (TPSA) is 61.5 Å². The zero-order valence-corrected chi connectivity index (χ0v) is 13.2. The van der Waals surface area contributed by atoms with Gasteiger partial charge in [0.2, 0.25) is 0 Å². The van der Waals surface area contributed by atoms with Gasteiger partial charge in [-0.3, -0.25) is 4.79 Å². The Bertz CT molecular complexity index is 488. The van der Waals surface area contributed by atoms with Gasteiger partial charge in [-0.15, -0.1) is 0 Å². The number of rotatable bonds is 6. The van der Waals surface area contributed by atoms with E-state index in [0.29, 0.717) is 5.75 Å². The van der Waals surface area contributed by atoms with Gasteiger partial charge >= 0.3 is 5.97 Å². The smallest absolute Gasteiger partial charge is 0.322 e. The minimum atomic E-state index is -0.671. The number of nitrogens with two attached hydrogens (primary N) is 1. The Kier molecular flexibility index (Phi) is 6.15. The van der Waals surface area contributed by atoms with Crippen LogP contribution in [0.4, 0.5) is 4.39 Å². The third-order valence-corrected chi connectivity index (χ3v) is 3.45. The Labute approximate surface area is 125 Å². The molecule has 5 heteroatoms. The van der Waals surface area contributed by atoms with Crippen molar-refractivity contribution in [1.29, 1.82) is 0 Å². The van der Waals surface area contributed by atoms with Gasteiger partial charge in [0.25, 0.3) is 0 Å². The van der Waals surface area contributed by atoms with E-state index in [-0.39, 0.29) is 23.8 Å². The van der Waals surface area contributed by atoms with Crippen LogP contribution in [-0.4, -0.2) is 25.2 Å². The van der Waals surface area contributed by atoms with Crippen molar-refractivity contribution >= 4 is 5.97 Å². The Balaban J connectivity index is 3.09. The summed E-state index contributed by atoms with van der Waals surface area (Å²) in [6, 6.07) is 3.73. The molecule has 21 heavy (non-hydrogen) atoms. The van der Waals surface area contributed by atoms with Gasteiger partial charge in [-0.25, -0.2) is 4.39 Å². The number of esters is 1. The lowest BCUT2D eigenvalue weighted by atomic mass is 9.84. The van der Waals surface area contributed by atoms with E-state index < -0.39 is 12.0 Å². The van der Waals surface area contributed by atoms with Crippen LogP contribution in [0.2, 0.25) is 0 Å². The Hall–Kier alpha value is -1.62. The second-order valence-corrected chi connectivity index (χ2v) is 5.59. The van der Waals surface area contributed by atoms with Crippen LogP contribution in [0.5, 0.6) is 5.75 Å². The molecule has 0 aromatic heterocycles. The van der Waals surface area contributed by atoms with Crippen LogP contribution in [0.15, 0.2) is 18.2 Å². The first kappa shape index (κ1) is 17.4. The minimum Gasteiger partial charge on any atom is -0.496 e. The molecule has 0 amide bonds. The van der Waals surface area contributed by atoms with Crippen LogP contribution in [0, 0.1) is 11.7 Å². The van der Waals surface area contributed by atoms with E-state index in [1.807, 2.05) is 20.8 Å². The van der Waals surface area contributed by atoms with Gasteiger partial charge in [-0.2, -0.15) is 0 Å². The molecule has 3 atom stereocenters. The molecule has 0 aliphatic rings. The fourth-order valence-corrected chi connectivity index (χ4v) is 2.48. The molecule has 0 spiro atoms. The van der Waals surface area contributed by atoms with E-state index in [2.05, 4.69) is 0 Å². The highest BCUT2D eigenvalue weighted by Gasteiger charge is 2.29. The van der Waals surface area contributed by atoms with Crippen LogP contribution in [-0.2, 0) is 9.53 Å². The molecule has 1 aromatic carbocycles. The maximum absolute atomic E-state index is 13.3. The lowest BCUT2D eigenvalue weighted by Gasteiger charge is -2.29. The van der Waals surface area contributed by atoms with E-state index >= 15 is 0 Å². The molecule has 4 nitrogen and oxygen atoms in total. The van der Waals surface area contributed by atoms with Gasteiger partial charge in [0.15, 0.2) is 0 Å². The first-order chi connectivity index (χ1) is 9.77. The number of hydrogen-bond acceptors (Lipinski definition) is 4. The van der Waals surface area contributed by atoms with Crippen LogP contribution in [0.25, 0.3) is 0 Å². The lowest BCUT2D eigenvalue weighted by molar-refractivity contribution is -0.151. The SMILES string of the molecule is COc1cc(F)ccc1[C@@H](C(C)C)[C@H](C)OC(=O)[C@H](C)N. The number of ether oxygens (including phenoxy) is 2. The van der Waals surface area contributed by atoms with Crippen LogP contribution >= 0.6 is 0 Å². The predicted molar refractivity (Wildman–Crippen MR) is 79.7 cm³/mol. The van der Waals surface area contributed by atoms with Crippen molar-refractivity contribution in [2.75, 3.05) is 7.11 Å². The minimum absolute atomic E-state index is 0.108. The van der Waals surface area contributed by atoms with Crippen molar-refractivity contribution in [2.24, 2.45) is 11.7 Å². The number of carbonyl (C=O) groups excluding carboxylic acids is 1. The summed E-state index contributed by atoms with van der Waals surface area (Å²) in [6.45, 7) is 7.43. The molecule has 0 bridgehead atoms. The molecule has 0 radical (unpaired) electrons. The molecular weight excluding hydrogens is 273 g/mol. The average molecular weight is 297 g/mol. The molecular formula is C16H24FNO3. The maximum Gasteiger partial charge on any atom is 0.322 e. The van der Waals surface area contributed by atoms with E-state index in [1.165, 1.54) is 19.2 Å². The van der Waals surface area contributed by atoms with Crippen molar-refractivity contribution in [3.05, 3.63) is 29.6 Å². The standard InChI is InChI=1S/C16H24FNO3/c1-9(2)15(11(4)21-16(19)10(3)18)13-7-6-12(17)8-14(13)20-5/h6-11,15H,18H2,1-5H3/t10-,11-,15-/m0/s1. The number of carbonyl (C=O) groups is 1. The van der Waals surface area contributed by atoms with Crippen LogP contribution in [0.3, 0.4) is 0 Å². The van der Waals surface area contributed by atoms with E-state index in [9.17, 15) is 9.18 Å². The van der Waals surface area contributed by atoms with Gasteiger partial charge in [-0.1, -0.05) is 19.9 Å². The summed E-state index contributed by atoms with van der Waals surface area (Å²) in [5.74, 6) is -0.284. The summed E-state index contributed by atoms with van der Waals surface area (Å²) in [5, 5.41) is 0. The van der Waals surface area contributed by atoms with E-state index in [0.717, 1.165) is 5.56 Å². The fourth-order valence-electron chi connectivity index (χ4n) is 2.48. The summed E-state index contributed by atoms with van der Waals surface area (Å²) < 4.78 is 24.0. The molecule has 2 N–H and O–H groups in total. The molecule has 0 saturated heterocycles. The Morgan fingerprint density at radius 3 is 2.33 bits per heavy atom. The second-order valence-electron chi connectivity index (χ2n) is 5.59. The molecule has 0 unspecified atom stereocenters. The van der Waals surface area contributed by atoms with Gasteiger partial charge in [0.05, 0.1) is 7.11 Å². The van der Waals surface area contributed by atoms with Crippen molar-refractivity contribution in [3.63, 3.8) is 0 Å². The highest BCUT2D eigenvalue weighted by molar-refractivity contribution is 5.75. The summed E-state index contributed by atoms with van der Waals surface area (Å²) in [4.78, 5) is 11.7. The summed E-state index contributed by atoms with van der Waals surface area (Å²) in [5.41, 5.74) is 6.34. The Morgan fingerprint density at radius 2 is 1.86 bits per heavy atom. The van der Waals surface area contributed by atoms with Crippen molar-refractivity contribution < 1.29 is 18.7 Å². The van der Waals surface area contributed by atoms with Crippen LogP contribution in [0.1, 0.15) is 39.2 Å². The molecule has 0 aliphatic carbocycles. The summed E-state index contributed by atoms with van der Waals surface area (Å²) >= 11 is 0. The maximum atomic E-state index is 13.3. The molecule has 0 heterocycles. The quantitative estimate of drug-likeness (QED) is 0.820. The normalized spacial score (nSPS) is 15.4. The molecule has 118 valence electrons. The second kappa shape index (κ2) is 7.41. The Morgan fingerprint density at radius 1 is 1.24 bits per heavy atom. The molecule has 1 rings (SSSR count). The number of halogens is 1. The molecule has 0 fully saturated rings. The third kappa shape index (κ3) is 4.43. The van der Waals surface area contributed by atoms with Crippen molar-refractivity contribution in [1.82, 2.24) is 0 Å². The number of hydrogen-bond donors (Lipinski definition) is 1. The number of benzene rings is 1. The van der Waals surface area contributed by atoms with Gasteiger partial charge in [-0.05, 0) is 25.8 Å². The fraction of sp³-hybridized carbons (Fsp3) is 0.562. The lowest BCUT2D eigenvalue weighted by Crippen LogP contribution is -2.34. The molecule has 0 aliphatic heterocycles. The summed E-state index contributed by atoms with van der Waals surface area (Å²) in [6.07, 6.45) is -0.386. The average Bonchev–Trinajstić information content (AvgIpc) is 2.39. The van der Waals surface area contributed by atoms with Crippen LogP contribution < -0.4 is 10.5 Å². The van der Waals surface area contributed by atoms with Gasteiger partial charge in [0.1, 0.15) is 23.7 Å². The largest absolute Gasteiger partial charge is 0.496 e. The predicted octanol–water partition coefficient (Wildman–Crippen LogP) is 2.85. The molecule has 0 saturated carbocycles. The highest BCUT2D eigenvalue weighted by atomic mass is 19.1. The zero-order chi connectivity index (χ0) is 16.2.